The minimum atomic E-state index is 0.139. The van der Waals surface area contributed by atoms with Crippen molar-refractivity contribution in [2.24, 2.45) is 0 Å². The van der Waals surface area contributed by atoms with Gasteiger partial charge in [0.1, 0.15) is 11.5 Å². The molecule has 1 aromatic heterocycles. The van der Waals surface area contributed by atoms with Crippen molar-refractivity contribution in [2.45, 2.75) is 38.5 Å². The van der Waals surface area contributed by atoms with Gasteiger partial charge in [-0.2, -0.15) is 0 Å². The Hall–Kier alpha value is -2.34. The summed E-state index contributed by atoms with van der Waals surface area (Å²) in [5.74, 6) is 1.30. The Morgan fingerprint density at radius 1 is 1.36 bits per heavy atom. The lowest BCUT2D eigenvalue weighted by atomic mass is 9.95. The molecular formula is C19H26N4O2. The zero-order valence-electron chi connectivity index (χ0n) is 14.7. The van der Waals surface area contributed by atoms with Gasteiger partial charge in [0.25, 0.3) is 0 Å². The molecule has 6 heteroatoms. The number of ether oxygens (including phenoxy) is 1. The van der Waals surface area contributed by atoms with Gasteiger partial charge in [-0.25, -0.2) is 9.97 Å². The maximum Gasteiger partial charge on any atom is 0.220 e. The van der Waals surface area contributed by atoms with Crippen LogP contribution in [0.25, 0.3) is 11.3 Å². The van der Waals surface area contributed by atoms with Gasteiger partial charge in [-0.15, -0.1) is 0 Å². The van der Waals surface area contributed by atoms with Crippen molar-refractivity contribution >= 4 is 5.95 Å². The van der Waals surface area contributed by atoms with Gasteiger partial charge < -0.3 is 20.9 Å². The molecule has 0 bridgehead atoms. The number of anilines is 1. The highest BCUT2D eigenvalue weighted by Crippen LogP contribution is 2.38. The largest absolute Gasteiger partial charge is 0.507 e. The Morgan fingerprint density at radius 3 is 3.00 bits per heavy atom. The van der Waals surface area contributed by atoms with Gasteiger partial charge in [0.15, 0.2) is 0 Å². The second kappa shape index (κ2) is 8.16. The molecule has 2 aromatic rings. The van der Waals surface area contributed by atoms with Crippen LogP contribution >= 0.6 is 0 Å². The van der Waals surface area contributed by atoms with Crippen molar-refractivity contribution in [3.8, 4) is 22.8 Å². The van der Waals surface area contributed by atoms with E-state index in [2.05, 4.69) is 22.2 Å². The Kier molecular flexibility index (Phi) is 5.71. The molecule has 0 aliphatic carbocycles. The topological polar surface area (TPSA) is 93.3 Å². The molecule has 3 rings (SSSR count). The molecule has 0 radical (unpaired) electrons. The zero-order valence-corrected chi connectivity index (χ0v) is 14.7. The van der Waals surface area contributed by atoms with Crippen molar-refractivity contribution in [3.63, 3.8) is 0 Å². The lowest BCUT2D eigenvalue weighted by Crippen LogP contribution is -2.29. The molecule has 1 saturated heterocycles. The molecule has 0 amide bonds. The van der Waals surface area contributed by atoms with Gasteiger partial charge in [-0.1, -0.05) is 19.4 Å². The van der Waals surface area contributed by atoms with E-state index in [1.54, 1.807) is 12.1 Å². The third-order valence-corrected chi connectivity index (χ3v) is 4.49. The summed E-state index contributed by atoms with van der Waals surface area (Å²) < 4.78 is 5.86. The van der Waals surface area contributed by atoms with Crippen molar-refractivity contribution in [2.75, 3.05) is 25.4 Å². The van der Waals surface area contributed by atoms with E-state index in [4.69, 9.17) is 10.5 Å². The number of benzene rings is 1. The fourth-order valence-corrected chi connectivity index (χ4v) is 3.15. The van der Waals surface area contributed by atoms with Crippen LogP contribution in [0, 0.1) is 0 Å². The summed E-state index contributed by atoms with van der Waals surface area (Å²) in [5.41, 5.74) is 8.06. The molecule has 1 aliphatic rings. The molecule has 0 saturated carbocycles. The van der Waals surface area contributed by atoms with Crippen LogP contribution in [0.5, 0.6) is 11.5 Å². The van der Waals surface area contributed by atoms with Crippen molar-refractivity contribution < 1.29 is 9.84 Å². The predicted molar refractivity (Wildman–Crippen MR) is 98.8 cm³/mol. The molecule has 4 N–H and O–H groups in total. The maximum absolute atomic E-state index is 10.4. The molecule has 1 atom stereocenters. The van der Waals surface area contributed by atoms with Crippen LogP contribution in [0.2, 0.25) is 0 Å². The quantitative estimate of drug-likeness (QED) is 0.699. The molecule has 1 aliphatic heterocycles. The number of phenolic OH excluding ortho intramolecular Hbond substituents is 1. The molecule has 25 heavy (non-hydrogen) atoms. The first kappa shape index (κ1) is 17.5. The van der Waals surface area contributed by atoms with Gasteiger partial charge >= 0.3 is 0 Å². The third-order valence-electron chi connectivity index (χ3n) is 4.49. The zero-order chi connectivity index (χ0) is 17.6. The van der Waals surface area contributed by atoms with Crippen LogP contribution in [0.4, 0.5) is 5.95 Å². The minimum Gasteiger partial charge on any atom is -0.507 e. The number of piperidine rings is 1. The van der Waals surface area contributed by atoms with Crippen LogP contribution in [-0.4, -0.2) is 34.8 Å². The van der Waals surface area contributed by atoms with Crippen LogP contribution in [0.3, 0.4) is 0 Å². The molecule has 1 aromatic carbocycles. The average molecular weight is 342 g/mol. The minimum absolute atomic E-state index is 0.139. The summed E-state index contributed by atoms with van der Waals surface area (Å²) in [6.07, 6.45) is 4.20. The highest BCUT2D eigenvalue weighted by molar-refractivity contribution is 5.74. The lowest BCUT2D eigenvalue weighted by Gasteiger charge is -2.23. The number of nitrogens with zero attached hydrogens (tertiary/aromatic N) is 2. The predicted octanol–water partition coefficient (Wildman–Crippen LogP) is 3.08. The fraction of sp³-hybridized carbons (Fsp3) is 0.474. The number of unbranched alkanes of at least 4 members (excludes halogenated alkanes) is 1. The van der Waals surface area contributed by atoms with E-state index >= 15 is 0 Å². The van der Waals surface area contributed by atoms with E-state index in [0.717, 1.165) is 44.5 Å². The molecular weight excluding hydrogens is 316 g/mol. The Labute approximate surface area is 148 Å². The number of hydrogen-bond donors (Lipinski definition) is 3. The van der Waals surface area contributed by atoms with Crippen LogP contribution < -0.4 is 15.8 Å². The Balaban J connectivity index is 1.96. The number of aromatic hydroxyl groups is 1. The van der Waals surface area contributed by atoms with Gasteiger partial charge in [0, 0.05) is 12.5 Å². The van der Waals surface area contributed by atoms with E-state index in [1.807, 2.05) is 12.1 Å². The number of aromatic nitrogens is 2. The number of phenols is 1. The van der Waals surface area contributed by atoms with Crippen molar-refractivity contribution in [1.29, 1.82) is 0 Å². The van der Waals surface area contributed by atoms with E-state index in [-0.39, 0.29) is 11.7 Å². The summed E-state index contributed by atoms with van der Waals surface area (Å²) in [4.78, 5) is 8.78. The van der Waals surface area contributed by atoms with Crippen molar-refractivity contribution in [3.05, 3.63) is 30.0 Å². The monoisotopic (exact) mass is 342 g/mol. The molecule has 1 unspecified atom stereocenters. The maximum atomic E-state index is 10.4. The van der Waals surface area contributed by atoms with E-state index in [9.17, 15) is 5.11 Å². The van der Waals surface area contributed by atoms with Gasteiger partial charge in [-0.05, 0) is 44.0 Å². The van der Waals surface area contributed by atoms with Crippen LogP contribution in [0.1, 0.15) is 44.2 Å². The van der Waals surface area contributed by atoms with Crippen LogP contribution in [-0.2, 0) is 0 Å². The summed E-state index contributed by atoms with van der Waals surface area (Å²) >= 11 is 0. The Bertz CT molecular complexity index is 715. The second-order valence-corrected chi connectivity index (χ2v) is 6.43. The highest BCUT2D eigenvalue weighted by atomic mass is 16.5. The third kappa shape index (κ3) is 4.20. The van der Waals surface area contributed by atoms with E-state index < -0.39 is 0 Å². The lowest BCUT2D eigenvalue weighted by molar-refractivity contribution is 0.309. The summed E-state index contributed by atoms with van der Waals surface area (Å²) in [5, 5.41) is 13.8. The first-order valence-corrected chi connectivity index (χ1v) is 8.99. The molecule has 2 heterocycles. The fourth-order valence-electron chi connectivity index (χ4n) is 3.15. The standard InChI is InChI=1S/C19H26N4O2/c1-2-3-10-25-17-8-4-7-16(24)18(17)15-11-14(22-19(20)23-15)13-6-5-9-21-12-13/h4,7-8,11,13,21,24H,2-3,5-6,9-10,12H2,1H3,(H2,20,22,23). The smallest absolute Gasteiger partial charge is 0.220 e. The molecule has 134 valence electrons. The Morgan fingerprint density at radius 2 is 2.24 bits per heavy atom. The summed E-state index contributed by atoms with van der Waals surface area (Å²) in [6.45, 7) is 4.64. The van der Waals surface area contributed by atoms with E-state index in [1.165, 1.54) is 0 Å². The number of rotatable bonds is 6. The summed E-state index contributed by atoms with van der Waals surface area (Å²) in [6, 6.07) is 7.19. The van der Waals surface area contributed by atoms with Gasteiger partial charge in [0.05, 0.1) is 23.6 Å². The SMILES string of the molecule is CCCCOc1cccc(O)c1-c1cc(C2CCCNC2)nc(N)n1. The average Bonchev–Trinajstić information content (AvgIpc) is 2.62. The van der Waals surface area contributed by atoms with Gasteiger partial charge in [0.2, 0.25) is 5.95 Å². The first-order chi connectivity index (χ1) is 12.2. The van der Waals surface area contributed by atoms with Crippen molar-refractivity contribution in [1.82, 2.24) is 15.3 Å². The molecule has 1 fully saturated rings. The summed E-state index contributed by atoms with van der Waals surface area (Å²) in [7, 11) is 0. The second-order valence-electron chi connectivity index (χ2n) is 6.43. The molecule has 0 spiro atoms. The number of nitrogens with one attached hydrogen (secondary N) is 1. The number of nitrogen functional groups attached to an aromatic ring is 1. The first-order valence-electron chi connectivity index (χ1n) is 8.99. The number of nitrogens with two attached hydrogens (primary N) is 1. The number of hydrogen-bond acceptors (Lipinski definition) is 6. The molecule has 6 nitrogen and oxygen atoms in total. The normalized spacial score (nSPS) is 17.4. The highest BCUT2D eigenvalue weighted by Gasteiger charge is 2.20. The van der Waals surface area contributed by atoms with Crippen LogP contribution in [0.15, 0.2) is 24.3 Å². The van der Waals surface area contributed by atoms with E-state index in [0.29, 0.717) is 29.5 Å². The van der Waals surface area contributed by atoms with Gasteiger partial charge in [-0.3, -0.25) is 0 Å².